The molecule has 0 N–H and O–H groups in total. The first kappa shape index (κ1) is 24.3. The maximum atomic E-state index is 13.5. The third kappa shape index (κ3) is 6.12. The lowest BCUT2D eigenvalue weighted by Crippen LogP contribution is -2.46. The molecule has 2 aromatic carbocycles. The van der Waals surface area contributed by atoms with Crippen LogP contribution in [-0.2, 0) is 27.3 Å². The normalized spacial score (nSPS) is 16.5. The van der Waals surface area contributed by atoms with Crippen molar-refractivity contribution in [2.24, 2.45) is 11.8 Å². The van der Waals surface area contributed by atoms with Gasteiger partial charge in [-0.2, -0.15) is 0 Å². The van der Waals surface area contributed by atoms with Gasteiger partial charge >= 0.3 is 6.09 Å². The summed E-state index contributed by atoms with van der Waals surface area (Å²) >= 11 is 0. The first-order chi connectivity index (χ1) is 15.8. The van der Waals surface area contributed by atoms with Crippen molar-refractivity contribution in [2.45, 2.75) is 39.3 Å². The molecule has 1 aliphatic rings. The zero-order chi connectivity index (χ0) is 24.0. The van der Waals surface area contributed by atoms with Gasteiger partial charge in [-0.25, -0.2) is 9.69 Å². The zero-order valence-corrected chi connectivity index (χ0v) is 19.7. The van der Waals surface area contributed by atoms with Crippen LogP contribution in [0.3, 0.4) is 0 Å². The quantitative estimate of drug-likeness (QED) is 0.577. The predicted octanol–water partition coefficient (Wildman–Crippen LogP) is 3.91. The van der Waals surface area contributed by atoms with E-state index in [9.17, 15) is 14.4 Å². The van der Waals surface area contributed by atoms with Crippen LogP contribution < -0.4 is 4.74 Å². The number of amides is 3. The van der Waals surface area contributed by atoms with Gasteiger partial charge in [0, 0.05) is 20.0 Å². The summed E-state index contributed by atoms with van der Waals surface area (Å²) in [5.41, 5.74) is 1.90. The van der Waals surface area contributed by atoms with E-state index in [-0.39, 0.29) is 36.8 Å². The van der Waals surface area contributed by atoms with Gasteiger partial charge in [0.05, 0.1) is 19.1 Å². The van der Waals surface area contributed by atoms with Gasteiger partial charge in [0.15, 0.2) is 0 Å². The fourth-order valence-electron chi connectivity index (χ4n) is 3.98. The molecule has 1 heterocycles. The van der Waals surface area contributed by atoms with Gasteiger partial charge in [-0.1, -0.05) is 56.3 Å². The molecule has 1 saturated heterocycles. The Morgan fingerprint density at radius 2 is 1.76 bits per heavy atom. The smallest absolute Gasteiger partial charge is 0.416 e. The van der Waals surface area contributed by atoms with E-state index >= 15 is 0 Å². The predicted molar refractivity (Wildman–Crippen MR) is 125 cm³/mol. The Labute approximate surface area is 195 Å². The molecule has 7 nitrogen and oxygen atoms in total. The number of imide groups is 1. The Kier molecular flexibility index (Phi) is 8.09. The fourth-order valence-corrected chi connectivity index (χ4v) is 3.98. The Morgan fingerprint density at radius 1 is 1.09 bits per heavy atom. The van der Waals surface area contributed by atoms with Gasteiger partial charge in [0.2, 0.25) is 11.8 Å². The van der Waals surface area contributed by atoms with E-state index in [0.29, 0.717) is 18.7 Å². The topological polar surface area (TPSA) is 76.2 Å². The summed E-state index contributed by atoms with van der Waals surface area (Å²) in [6, 6.07) is 16.7. The van der Waals surface area contributed by atoms with Gasteiger partial charge in [-0.3, -0.25) is 9.59 Å². The number of hydrogen-bond acceptors (Lipinski definition) is 5. The first-order valence-corrected chi connectivity index (χ1v) is 11.2. The number of nitrogens with zero attached hydrogens (tertiary/aromatic N) is 2. The molecule has 7 heteroatoms. The average Bonchev–Trinajstić information content (AvgIpc) is 3.20. The monoisotopic (exact) mass is 452 g/mol. The molecular formula is C26H32N2O5. The van der Waals surface area contributed by atoms with Crippen LogP contribution in [0.25, 0.3) is 0 Å². The summed E-state index contributed by atoms with van der Waals surface area (Å²) in [7, 11) is 3.32. The number of hydrogen-bond donors (Lipinski definition) is 0. The van der Waals surface area contributed by atoms with E-state index < -0.39 is 12.0 Å². The molecule has 0 radical (unpaired) electrons. The van der Waals surface area contributed by atoms with Crippen LogP contribution >= 0.6 is 0 Å². The van der Waals surface area contributed by atoms with Crippen molar-refractivity contribution in [1.29, 1.82) is 0 Å². The highest BCUT2D eigenvalue weighted by atomic mass is 16.6. The second kappa shape index (κ2) is 11.0. The first-order valence-electron chi connectivity index (χ1n) is 11.2. The van der Waals surface area contributed by atoms with Crippen molar-refractivity contribution in [3.05, 3.63) is 65.7 Å². The molecule has 0 bridgehead atoms. The van der Waals surface area contributed by atoms with Crippen LogP contribution in [0.15, 0.2) is 54.6 Å². The van der Waals surface area contributed by atoms with Crippen LogP contribution in [0.1, 0.15) is 31.4 Å². The zero-order valence-electron chi connectivity index (χ0n) is 19.7. The van der Waals surface area contributed by atoms with E-state index in [4.69, 9.17) is 9.47 Å². The number of methoxy groups -OCH3 is 1. The highest BCUT2D eigenvalue weighted by molar-refractivity contribution is 5.96. The molecule has 1 aliphatic heterocycles. The number of carbonyl (C=O) groups excluding carboxylic acids is 3. The van der Waals surface area contributed by atoms with Gasteiger partial charge in [-0.05, 0) is 35.6 Å². The Bertz CT molecular complexity index is 958. The molecule has 0 spiro atoms. The molecule has 3 amide bonds. The number of rotatable bonds is 9. The summed E-state index contributed by atoms with van der Waals surface area (Å²) < 4.78 is 10.4. The summed E-state index contributed by atoms with van der Waals surface area (Å²) in [6.45, 7) is 4.52. The highest BCUT2D eigenvalue weighted by Crippen LogP contribution is 2.26. The lowest BCUT2D eigenvalue weighted by atomic mass is 9.92. The van der Waals surface area contributed by atoms with Crippen molar-refractivity contribution >= 4 is 17.9 Å². The van der Waals surface area contributed by atoms with E-state index in [0.717, 1.165) is 11.1 Å². The Balaban J connectivity index is 1.80. The third-order valence-electron chi connectivity index (χ3n) is 6.01. The van der Waals surface area contributed by atoms with Crippen molar-refractivity contribution in [2.75, 3.05) is 20.8 Å². The molecule has 2 aromatic rings. The minimum Gasteiger partial charge on any atom is -0.497 e. The highest BCUT2D eigenvalue weighted by Gasteiger charge is 2.42. The van der Waals surface area contributed by atoms with Crippen LogP contribution in [0, 0.1) is 11.8 Å². The average molecular weight is 453 g/mol. The number of ether oxygens (including phenoxy) is 2. The molecule has 2 unspecified atom stereocenters. The molecule has 33 heavy (non-hydrogen) atoms. The van der Waals surface area contributed by atoms with Gasteiger partial charge in [0.1, 0.15) is 12.4 Å². The van der Waals surface area contributed by atoms with Gasteiger partial charge in [0.25, 0.3) is 0 Å². The maximum Gasteiger partial charge on any atom is 0.416 e. The van der Waals surface area contributed by atoms with E-state index in [1.54, 1.807) is 19.1 Å². The van der Waals surface area contributed by atoms with Crippen molar-refractivity contribution in [1.82, 2.24) is 9.80 Å². The van der Waals surface area contributed by atoms with Crippen LogP contribution in [0.4, 0.5) is 4.79 Å². The molecule has 0 aliphatic carbocycles. The van der Waals surface area contributed by atoms with Gasteiger partial charge in [-0.15, -0.1) is 0 Å². The summed E-state index contributed by atoms with van der Waals surface area (Å²) in [4.78, 5) is 41.9. The van der Waals surface area contributed by atoms with Crippen LogP contribution in [-0.4, -0.2) is 54.5 Å². The van der Waals surface area contributed by atoms with Crippen molar-refractivity contribution < 1.29 is 23.9 Å². The van der Waals surface area contributed by atoms with Crippen molar-refractivity contribution in [3.63, 3.8) is 0 Å². The lowest BCUT2D eigenvalue weighted by Gasteiger charge is -2.28. The summed E-state index contributed by atoms with van der Waals surface area (Å²) in [5, 5.41) is 0. The van der Waals surface area contributed by atoms with Crippen molar-refractivity contribution in [3.8, 4) is 5.75 Å². The van der Waals surface area contributed by atoms with Crippen LogP contribution in [0.2, 0.25) is 0 Å². The minimum atomic E-state index is -0.684. The summed E-state index contributed by atoms with van der Waals surface area (Å²) in [5.74, 6) is -0.439. The molecular weight excluding hydrogens is 420 g/mol. The third-order valence-corrected chi connectivity index (χ3v) is 6.01. The summed E-state index contributed by atoms with van der Waals surface area (Å²) in [6.07, 6.45) is -0.297. The molecule has 176 valence electrons. The number of carbonyl (C=O) groups is 3. The van der Waals surface area contributed by atoms with E-state index in [1.165, 1.54) is 4.90 Å². The Morgan fingerprint density at radius 3 is 2.36 bits per heavy atom. The Hall–Kier alpha value is -3.35. The molecule has 3 rings (SSSR count). The molecule has 0 saturated carbocycles. The fraction of sp³-hybridized carbons (Fsp3) is 0.423. The van der Waals surface area contributed by atoms with E-state index in [2.05, 4.69) is 0 Å². The SMILES string of the molecule is COc1ccc(CC(CC(=O)N(C)Cc2ccccc2)C(=O)N2C(=O)OCC2C(C)C)cc1. The lowest BCUT2D eigenvalue weighted by molar-refractivity contribution is -0.140. The minimum absolute atomic E-state index is 0.00277. The number of benzene rings is 2. The second-order valence-corrected chi connectivity index (χ2v) is 8.79. The maximum absolute atomic E-state index is 13.5. The standard InChI is InChI=1S/C26H32N2O5/c1-18(2)23-17-33-26(31)28(23)25(30)21(14-19-10-12-22(32-4)13-11-19)15-24(29)27(3)16-20-8-6-5-7-9-20/h5-13,18,21,23H,14-17H2,1-4H3. The molecule has 2 atom stereocenters. The van der Waals surface area contributed by atoms with Gasteiger partial charge < -0.3 is 14.4 Å². The van der Waals surface area contributed by atoms with Crippen LogP contribution in [0.5, 0.6) is 5.75 Å². The molecule has 0 aromatic heterocycles. The molecule has 1 fully saturated rings. The second-order valence-electron chi connectivity index (χ2n) is 8.79. The number of cyclic esters (lactones) is 1. The van der Waals surface area contributed by atoms with E-state index in [1.807, 2.05) is 68.4 Å². The largest absolute Gasteiger partial charge is 0.497 e.